The first-order valence-corrected chi connectivity index (χ1v) is 9.83. The summed E-state index contributed by atoms with van der Waals surface area (Å²) in [6.07, 6.45) is 1.35. The molecule has 1 fully saturated rings. The number of urea groups is 1. The van der Waals surface area contributed by atoms with Crippen molar-refractivity contribution in [1.29, 1.82) is 0 Å². The van der Waals surface area contributed by atoms with E-state index in [0.717, 1.165) is 17.5 Å². The van der Waals surface area contributed by atoms with Gasteiger partial charge in [-0.3, -0.25) is 0 Å². The maximum absolute atomic E-state index is 12.8. The Balaban J connectivity index is 1.78. The molecule has 0 bridgehead atoms. The molecule has 0 aliphatic carbocycles. The van der Waals surface area contributed by atoms with E-state index in [-0.39, 0.29) is 5.97 Å². The number of carbonyl (C=O) groups is 2. The van der Waals surface area contributed by atoms with Gasteiger partial charge < -0.3 is 9.64 Å². The van der Waals surface area contributed by atoms with Crippen molar-refractivity contribution in [2.24, 2.45) is 5.10 Å². The molecule has 29 heavy (non-hydrogen) atoms. The summed E-state index contributed by atoms with van der Waals surface area (Å²) in [6, 6.07) is 18.3. The molecule has 6 heteroatoms. The number of esters is 1. The van der Waals surface area contributed by atoms with Gasteiger partial charge in [-0.25, -0.2) is 15.0 Å². The molecule has 1 aliphatic heterocycles. The highest BCUT2D eigenvalue weighted by molar-refractivity contribution is 6.13. The standard InChI is InChI=1S/C23H27N3O3/c1-23(2,3)29-21(27)19-15-10-16-26(19)22(28)25-24-20(17-11-6-4-7-12-17)18-13-8-5-9-14-18/h4-9,11-14,19H,10,15-16H2,1-3H3,(H,25,28)/t19-/m0/s1. The van der Waals surface area contributed by atoms with Gasteiger partial charge in [-0.2, -0.15) is 5.10 Å². The summed E-state index contributed by atoms with van der Waals surface area (Å²) in [7, 11) is 0. The molecule has 1 N–H and O–H groups in total. The Hall–Kier alpha value is -3.15. The number of benzene rings is 2. The number of hydrogen-bond donors (Lipinski definition) is 1. The number of hydrazone groups is 1. The van der Waals surface area contributed by atoms with Crippen LogP contribution in [0.3, 0.4) is 0 Å². The third-order valence-electron chi connectivity index (χ3n) is 4.55. The van der Waals surface area contributed by atoms with Gasteiger partial charge in [0.15, 0.2) is 0 Å². The van der Waals surface area contributed by atoms with E-state index in [2.05, 4.69) is 10.5 Å². The second-order valence-corrected chi connectivity index (χ2v) is 7.99. The first kappa shape index (κ1) is 20.6. The van der Waals surface area contributed by atoms with Crippen LogP contribution in [0.15, 0.2) is 65.8 Å². The van der Waals surface area contributed by atoms with Crippen LogP contribution in [0.4, 0.5) is 4.79 Å². The van der Waals surface area contributed by atoms with Crippen molar-refractivity contribution in [3.63, 3.8) is 0 Å². The van der Waals surface area contributed by atoms with Crippen LogP contribution in [0.1, 0.15) is 44.7 Å². The van der Waals surface area contributed by atoms with Crippen LogP contribution in [0.25, 0.3) is 0 Å². The molecule has 0 saturated carbocycles. The molecule has 3 rings (SSSR count). The molecule has 0 unspecified atom stereocenters. The number of carbonyl (C=O) groups excluding carboxylic acids is 2. The predicted molar refractivity (Wildman–Crippen MR) is 113 cm³/mol. The predicted octanol–water partition coefficient (Wildman–Crippen LogP) is 3.95. The molecule has 0 aromatic heterocycles. The van der Waals surface area contributed by atoms with Crippen molar-refractivity contribution in [3.8, 4) is 0 Å². The largest absolute Gasteiger partial charge is 0.458 e. The van der Waals surface area contributed by atoms with Gasteiger partial charge in [-0.15, -0.1) is 0 Å². The summed E-state index contributed by atoms with van der Waals surface area (Å²) < 4.78 is 5.47. The lowest BCUT2D eigenvalue weighted by atomic mass is 10.0. The number of likely N-dealkylation sites (tertiary alicyclic amines) is 1. The topological polar surface area (TPSA) is 71.0 Å². The van der Waals surface area contributed by atoms with Crippen LogP contribution in [0.5, 0.6) is 0 Å². The zero-order valence-corrected chi connectivity index (χ0v) is 17.1. The minimum Gasteiger partial charge on any atom is -0.458 e. The van der Waals surface area contributed by atoms with Gasteiger partial charge in [0.1, 0.15) is 11.6 Å². The molecular weight excluding hydrogens is 366 g/mol. The van der Waals surface area contributed by atoms with E-state index in [1.165, 1.54) is 4.90 Å². The zero-order chi connectivity index (χ0) is 20.9. The summed E-state index contributed by atoms with van der Waals surface area (Å²) in [5.74, 6) is -0.375. The molecule has 0 spiro atoms. The summed E-state index contributed by atoms with van der Waals surface area (Å²) in [4.78, 5) is 26.8. The average molecular weight is 393 g/mol. The van der Waals surface area contributed by atoms with E-state index in [0.29, 0.717) is 18.7 Å². The normalized spacial score (nSPS) is 16.2. The molecule has 1 aliphatic rings. The fourth-order valence-electron chi connectivity index (χ4n) is 3.28. The second kappa shape index (κ2) is 8.90. The van der Waals surface area contributed by atoms with Crippen LogP contribution >= 0.6 is 0 Å². The fourth-order valence-corrected chi connectivity index (χ4v) is 3.28. The average Bonchev–Trinajstić information content (AvgIpc) is 3.19. The molecule has 1 heterocycles. The lowest BCUT2D eigenvalue weighted by Crippen LogP contribution is -2.46. The van der Waals surface area contributed by atoms with Gasteiger partial charge in [0.25, 0.3) is 0 Å². The van der Waals surface area contributed by atoms with Crippen molar-refractivity contribution < 1.29 is 14.3 Å². The Morgan fingerprint density at radius 2 is 1.55 bits per heavy atom. The van der Waals surface area contributed by atoms with Crippen molar-refractivity contribution in [2.75, 3.05) is 6.54 Å². The van der Waals surface area contributed by atoms with E-state index in [1.807, 2.05) is 81.4 Å². The maximum atomic E-state index is 12.8. The summed E-state index contributed by atoms with van der Waals surface area (Å²) in [5.41, 5.74) is 4.49. The molecule has 2 aromatic carbocycles. The molecule has 1 atom stereocenters. The second-order valence-electron chi connectivity index (χ2n) is 7.99. The highest BCUT2D eigenvalue weighted by Crippen LogP contribution is 2.21. The van der Waals surface area contributed by atoms with Gasteiger partial charge in [0.2, 0.25) is 0 Å². The smallest absolute Gasteiger partial charge is 0.338 e. The molecular formula is C23H27N3O3. The van der Waals surface area contributed by atoms with Crippen molar-refractivity contribution in [3.05, 3.63) is 71.8 Å². The zero-order valence-electron chi connectivity index (χ0n) is 17.1. The SMILES string of the molecule is CC(C)(C)OC(=O)[C@@H]1CCCN1C(=O)NN=C(c1ccccc1)c1ccccc1. The minimum absolute atomic E-state index is 0.375. The van der Waals surface area contributed by atoms with E-state index >= 15 is 0 Å². The Labute approximate surface area is 171 Å². The van der Waals surface area contributed by atoms with Crippen LogP contribution in [-0.2, 0) is 9.53 Å². The quantitative estimate of drug-likeness (QED) is 0.486. The number of hydrogen-bond acceptors (Lipinski definition) is 4. The van der Waals surface area contributed by atoms with Gasteiger partial charge in [-0.05, 0) is 33.6 Å². The number of ether oxygens (including phenoxy) is 1. The highest BCUT2D eigenvalue weighted by atomic mass is 16.6. The van der Waals surface area contributed by atoms with Gasteiger partial charge >= 0.3 is 12.0 Å². The molecule has 2 amide bonds. The molecule has 0 radical (unpaired) electrons. The fraction of sp³-hybridized carbons (Fsp3) is 0.348. The number of amides is 2. The van der Waals surface area contributed by atoms with Crippen LogP contribution in [0, 0.1) is 0 Å². The Bertz CT molecular complexity index is 832. The monoisotopic (exact) mass is 393 g/mol. The van der Waals surface area contributed by atoms with Gasteiger partial charge in [0.05, 0.1) is 5.71 Å². The third kappa shape index (κ3) is 5.44. The van der Waals surface area contributed by atoms with Crippen molar-refractivity contribution in [2.45, 2.75) is 45.3 Å². The third-order valence-corrected chi connectivity index (χ3v) is 4.55. The Morgan fingerprint density at radius 3 is 2.07 bits per heavy atom. The molecule has 1 saturated heterocycles. The lowest BCUT2D eigenvalue weighted by molar-refractivity contribution is -0.159. The first-order valence-electron chi connectivity index (χ1n) is 9.83. The number of nitrogens with one attached hydrogen (secondary N) is 1. The van der Waals surface area contributed by atoms with Gasteiger partial charge in [-0.1, -0.05) is 60.7 Å². The molecule has 2 aromatic rings. The van der Waals surface area contributed by atoms with E-state index < -0.39 is 17.7 Å². The Kier molecular flexibility index (Phi) is 6.32. The van der Waals surface area contributed by atoms with E-state index in [9.17, 15) is 9.59 Å². The van der Waals surface area contributed by atoms with Crippen LogP contribution in [-0.4, -0.2) is 40.8 Å². The summed E-state index contributed by atoms with van der Waals surface area (Å²) >= 11 is 0. The van der Waals surface area contributed by atoms with Crippen molar-refractivity contribution in [1.82, 2.24) is 10.3 Å². The van der Waals surface area contributed by atoms with Crippen LogP contribution < -0.4 is 5.43 Å². The number of rotatable bonds is 4. The first-order chi connectivity index (χ1) is 13.8. The molecule has 152 valence electrons. The van der Waals surface area contributed by atoms with Crippen molar-refractivity contribution >= 4 is 17.7 Å². The summed E-state index contributed by atoms with van der Waals surface area (Å²) in [6.45, 7) is 5.96. The van der Waals surface area contributed by atoms with Gasteiger partial charge in [0, 0.05) is 17.7 Å². The van der Waals surface area contributed by atoms with E-state index in [1.54, 1.807) is 0 Å². The van der Waals surface area contributed by atoms with E-state index in [4.69, 9.17) is 4.74 Å². The number of nitrogens with zero attached hydrogens (tertiary/aromatic N) is 2. The highest BCUT2D eigenvalue weighted by Gasteiger charge is 2.37. The minimum atomic E-state index is -0.590. The maximum Gasteiger partial charge on any atom is 0.338 e. The lowest BCUT2D eigenvalue weighted by Gasteiger charge is -2.27. The Morgan fingerprint density at radius 1 is 1.00 bits per heavy atom. The van der Waals surface area contributed by atoms with Crippen LogP contribution in [0.2, 0.25) is 0 Å². The molecule has 6 nitrogen and oxygen atoms in total. The summed E-state index contributed by atoms with van der Waals surface area (Å²) in [5, 5.41) is 4.40.